The molecule has 1 aromatic heterocycles. The number of aryl methyl sites for hydroxylation is 2. The molecule has 0 radical (unpaired) electrons. The minimum absolute atomic E-state index is 0.116. The SMILES string of the molecule is CCc1cc(=O)c2cc(F)c(-c3ccccc3)cc2n1CC. The van der Waals surface area contributed by atoms with Crippen LogP contribution in [0, 0.1) is 5.82 Å². The lowest BCUT2D eigenvalue weighted by Gasteiger charge is -2.15. The molecule has 22 heavy (non-hydrogen) atoms. The second-order valence-corrected chi connectivity index (χ2v) is 5.31. The Morgan fingerprint density at radius 1 is 1.05 bits per heavy atom. The Morgan fingerprint density at radius 2 is 1.77 bits per heavy atom. The quantitative estimate of drug-likeness (QED) is 0.702. The van der Waals surface area contributed by atoms with Gasteiger partial charge in [0.25, 0.3) is 0 Å². The van der Waals surface area contributed by atoms with E-state index in [4.69, 9.17) is 0 Å². The molecule has 0 atom stereocenters. The monoisotopic (exact) mass is 295 g/mol. The van der Waals surface area contributed by atoms with Gasteiger partial charge in [0.15, 0.2) is 5.43 Å². The number of fused-ring (bicyclic) bond motifs is 1. The Bertz CT molecular complexity index is 881. The lowest BCUT2D eigenvalue weighted by Crippen LogP contribution is -2.13. The van der Waals surface area contributed by atoms with E-state index in [0.29, 0.717) is 10.9 Å². The number of rotatable bonds is 3. The number of pyridine rings is 1. The van der Waals surface area contributed by atoms with Crippen LogP contribution in [0.2, 0.25) is 0 Å². The lowest BCUT2D eigenvalue weighted by atomic mass is 10.0. The standard InChI is InChI=1S/C19H18FNO/c1-3-14-10-19(22)16-11-17(20)15(12-18(16)21(14)4-2)13-8-6-5-7-9-13/h5-12H,3-4H2,1-2H3. The first-order chi connectivity index (χ1) is 10.7. The molecular formula is C19H18FNO. The third kappa shape index (κ3) is 2.33. The molecule has 3 rings (SSSR count). The van der Waals surface area contributed by atoms with Gasteiger partial charge in [-0.1, -0.05) is 37.3 Å². The first-order valence-electron chi connectivity index (χ1n) is 7.57. The van der Waals surface area contributed by atoms with Gasteiger partial charge in [-0.3, -0.25) is 4.79 Å². The Labute approximate surface area is 128 Å². The van der Waals surface area contributed by atoms with Crippen molar-refractivity contribution in [2.24, 2.45) is 0 Å². The summed E-state index contributed by atoms with van der Waals surface area (Å²) in [5, 5.41) is 0.441. The van der Waals surface area contributed by atoms with Crippen molar-refractivity contribution in [2.45, 2.75) is 26.8 Å². The maximum Gasteiger partial charge on any atom is 0.189 e. The van der Waals surface area contributed by atoms with E-state index in [2.05, 4.69) is 4.57 Å². The van der Waals surface area contributed by atoms with Gasteiger partial charge >= 0.3 is 0 Å². The van der Waals surface area contributed by atoms with Crippen molar-refractivity contribution >= 4 is 10.9 Å². The molecule has 0 bridgehead atoms. The molecule has 0 saturated heterocycles. The van der Waals surface area contributed by atoms with Crippen LogP contribution in [0.4, 0.5) is 4.39 Å². The number of aromatic nitrogens is 1. The van der Waals surface area contributed by atoms with E-state index in [1.54, 1.807) is 12.1 Å². The van der Waals surface area contributed by atoms with Crippen molar-refractivity contribution in [1.82, 2.24) is 4.57 Å². The number of hydrogen-bond acceptors (Lipinski definition) is 1. The van der Waals surface area contributed by atoms with Crippen LogP contribution >= 0.6 is 0 Å². The fraction of sp³-hybridized carbons (Fsp3) is 0.211. The summed E-state index contributed by atoms with van der Waals surface area (Å²) in [7, 11) is 0. The highest BCUT2D eigenvalue weighted by Gasteiger charge is 2.12. The molecule has 0 saturated carbocycles. The molecule has 0 unspecified atom stereocenters. The van der Waals surface area contributed by atoms with Gasteiger partial charge in [-0.25, -0.2) is 4.39 Å². The van der Waals surface area contributed by atoms with Crippen molar-refractivity contribution in [3.8, 4) is 11.1 Å². The average molecular weight is 295 g/mol. The molecule has 0 aliphatic carbocycles. The van der Waals surface area contributed by atoms with Crippen LogP contribution in [-0.2, 0) is 13.0 Å². The summed E-state index contributed by atoms with van der Waals surface area (Å²) in [6.45, 7) is 4.81. The van der Waals surface area contributed by atoms with E-state index in [1.807, 2.05) is 44.2 Å². The first-order valence-corrected chi connectivity index (χ1v) is 7.57. The summed E-state index contributed by atoms with van der Waals surface area (Å²) in [6.07, 6.45) is 0.775. The van der Waals surface area contributed by atoms with Crippen molar-refractivity contribution < 1.29 is 4.39 Å². The second-order valence-electron chi connectivity index (χ2n) is 5.31. The summed E-state index contributed by atoms with van der Waals surface area (Å²) in [5.41, 5.74) is 3.01. The van der Waals surface area contributed by atoms with Gasteiger partial charge in [0.2, 0.25) is 0 Å². The maximum atomic E-state index is 14.5. The predicted molar refractivity (Wildman–Crippen MR) is 88.7 cm³/mol. The van der Waals surface area contributed by atoms with Crippen molar-refractivity contribution in [3.63, 3.8) is 0 Å². The van der Waals surface area contributed by atoms with Crippen LogP contribution in [0.15, 0.2) is 53.3 Å². The van der Waals surface area contributed by atoms with Crippen LogP contribution in [0.5, 0.6) is 0 Å². The largest absolute Gasteiger partial charge is 0.345 e. The van der Waals surface area contributed by atoms with Crippen molar-refractivity contribution in [2.75, 3.05) is 0 Å². The molecule has 2 aromatic carbocycles. The summed E-state index contributed by atoms with van der Waals surface area (Å²) >= 11 is 0. The fourth-order valence-electron chi connectivity index (χ4n) is 2.95. The van der Waals surface area contributed by atoms with Gasteiger partial charge in [-0.2, -0.15) is 0 Å². The Kier molecular flexibility index (Phi) is 3.80. The Hall–Kier alpha value is -2.42. The molecule has 112 valence electrons. The highest BCUT2D eigenvalue weighted by atomic mass is 19.1. The van der Waals surface area contributed by atoms with Gasteiger partial charge in [0.1, 0.15) is 5.82 Å². The Morgan fingerprint density at radius 3 is 2.41 bits per heavy atom. The molecule has 0 aliphatic heterocycles. The highest BCUT2D eigenvalue weighted by molar-refractivity contribution is 5.85. The van der Waals surface area contributed by atoms with Gasteiger partial charge in [0, 0.05) is 29.3 Å². The molecule has 3 aromatic rings. The molecular weight excluding hydrogens is 277 g/mol. The number of benzene rings is 2. The molecule has 0 amide bonds. The number of hydrogen-bond donors (Lipinski definition) is 0. The van der Waals surface area contributed by atoms with E-state index in [0.717, 1.165) is 29.7 Å². The molecule has 3 heteroatoms. The predicted octanol–water partition coefficient (Wildman–Crippen LogP) is 4.39. The average Bonchev–Trinajstić information content (AvgIpc) is 2.55. The summed E-state index contributed by atoms with van der Waals surface area (Å²) in [5.74, 6) is -0.359. The van der Waals surface area contributed by atoms with E-state index in [1.165, 1.54) is 6.07 Å². The molecule has 0 spiro atoms. The molecule has 2 nitrogen and oxygen atoms in total. The third-order valence-electron chi connectivity index (χ3n) is 4.05. The van der Waals surface area contributed by atoms with Gasteiger partial charge in [0.05, 0.1) is 5.52 Å². The van der Waals surface area contributed by atoms with Crippen molar-refractivity contribution in [3.05, 3.63) is 70.3 Å². The van der Waals surface area contributed by atoms with E-state index < -0.39 is 0 Å². The normalized spacial score (nSPS) is 11.0. The van der Waals surface area contributed by atoms with Crippen LogP contribution in [0.25, 0.3) is 22.0 Å². The number of nitrogens with zero attached hydrogens (tertiary/aromatic N) is 1. The number of halogens is 1. The highest BCUT2D eigenvalue weighted by Crippen LogP contribution is 2.27. The van der Waals surface area contributed by atoms with Gasteiger partial charge in [-0.05, 0) is 31.0 Å². The van der Waals surface area contributed by atoms with Crippen LogP contribution in [-0.4, -0.2) is 4.57 Å². The van der Waals surface area contributed by atoms with Crippen LogP contribution in [0.1, 0.15) is 19.5 Å². The molecule has 1 heterocycles. The Balaban J connectivity index is 2.39. The zero-order chi connectivity index (χ0) is 15.7. The van der Waals surface area contributed by atoms with Crippen LogP contribution < -0.4 is 5.43 Å². The summed E-state index contributed by atoms with van der Waals surface area (Å²) < 4.78 is 16.5. The smallest absolute Gasteiger partial charge is 0.189 e. The zero-order valence-electron chi connectivity index (χ0n) is 12.8. The first kappa shape index (κ1) is 14.5. The minimum atomic E-state index is -0.359. The minimum Gasteiger partial charge on any atom is -0.345 e. The molecule has 0 fully saturated rings. The second kappa shape index (κ2) is 5.76. The van der Waals surface area contributed by atoms with E-state index in [9.17, 15) is 9.18 Å². The summed E-state index contributed by atoms with van der Waals surface area (Å²) in [6, 6.07) is 14.2. The molecule has 0 N–H and O–H groups in total. The summed E-state index contributed by atoms with van der Waals surface area (Å²) in [4.78, 5) is 12.2. The van der Waals surface area contributed by atoms with E-state index in [-0.39, 0.29) is 11.2 Å². The van der Waals surface area contributed by atoms with E-state index >= 15 is 0 Å². The zero-order valence-corrected chi connectivity index (χ0v) is 12.8. The third-order valence-corrected chi connectivity index (χ3v) is 4.05. The van der Waals surface area contributed by atoms with Crippen LogP contribution in [0.3, 0.4) is 0 Å². The lowest BCUT2D eigenvalue weighted by molar-refractivity contribution is 0.632. The van der Waals surface area contributed by atoms with Crippen molar-refractivity contribution in [1.29, 1.82) is 0 Å². The van der Waals surface area contributed by atoms with Gasteiger partial charge in [-0.15, -0.1) is 0 Å². The fourth-order valence-corrected chi connectivity index (χ4v) is 2.95. The topological polar surface area (TPSA) is 22.0 Å². The van der Waals surface area contributed by atoms with Gasteiger partial charge < -0.3 is 4.57 Å². The molecule has 0 aliphatic rings. The maximum absolute atomic E-state index is 14.5.